The van der Waals surface area contributed by atoms with Crippen molar-refractivity contribution >= 4 is 23.5 Å². The molecule has 0 radical (unpaired) electrons. The first-order chi connectivity index (χ1) is 11.9. The van der Waals surface area contributed by atoms with Gasteiger partial charge in [-0.15, -0.1) is 0 Å². The first-order valence-electron chi connectivity index (χ1n) is 7.30. The molecule has 0 N–H and O–H groups in total. The van der Waals surface area contributed by atoms with Crippen LogP contribution in [0.1, 0.15) is 22.8 Å². The van der Waals surface area contributed by atoms with E-state index in [9.17, 15) is 24.1 Å². The molecular formula is C18H14FNO5. The number of nitro benzene ring substituents is 1. The lowest BCUT2D eigenvalue weighted by Crippen LogP contribution is -2.23. The van der Waals surface area contributed by atoms with Crippen molar-refractivity contribution in [3.8, 4) is 0 Å². The summed E-state index contributed by atoms with van der Waals surface area (Å²) in [5, 5.41) is 10.6. The van der Waals surface area contributed by atoms with Crippen molar-refractivity contribution in [3.63, 3.8) is 0 Å². The summed E-state index contributed by atoms with van der Waals surface area (Å²) in [6, 6.07) is 10.5. The van der Waals surface area contributed by atoms with Crippen LogP contribution in [-0.4, -0.2) is 22.8 Å². The summed E-state index contributed by atoms with van der Waals surface area (Å²) in [4.78, 5) is 33.9. The molecule has 0 spiro atoms. The Bertz CT molecular complexity index is 812. The van der Waals surface area contributed by atoms with Crippen LogP contribution in [0.4, 0.5) is 10.1 Å². The average Bonchev–Trinajstić information content (AvgIpc) is 2.60. The Morgan fingerprint density at radius 1 is 1.12 bits per heavy atom. The molecule has 2 aromatic rings. The largest absolute Gasteiger partial charge is 0.451 e. The van der Waals surface area contributed by atoms with Gasteiger partial charge in [-0.3, -0.25) is 14.9 Å². The summed E-state index contributed by atoms with van der Waals surface area (Å²) in [7, 11) is 0. The fraction of sp³-hybridized carbons (Fsp3) is 0.111. The van der Waals surface area contributed by atoms with Crippen molar-refractivity contribution in [1.29, 1.82) is 0 Å². The Morgan fingerprint density at radius 3 is 2.28 bits per heavy atom. The second-order valence-corrected chi connectivity index (χ2v) is 5.13. The molecule has 0 aromatic heterocycles. The average molecular weight is 343 g/mol. The maximum absolute atomic E-state index is 12.8. The van der Waals surface area contributed by atoms with Crippen LogP contribution in [0.2, 0.25) is 0 Å². The zero-order valence-electron chi connectivity index (χ0n) is 13.2. The van der Waals surface area contributed by atoms with E-state index in [1.165, 1.54) is 49.4 Å². The number of esters is 1. The Kier molecular flexibility index (Phi) is 5.73. The number of rotatable bonds is 6. The summed E-state index contributed by atoms with van der Waals surface area (Å²) in [5.74, 6) is -1.65. The molecule has 0 aliphatic carbocycles. The summed E-state index contributed by atoms with van der Waals surface area (Å²) in [6.07, 6.45) is 1.51. The molecule has 0 bridgehead atoms. The first kappa shape index (κ1) is 18.0. The van der Waals surface area contributed by atoms with Crippen LogP contribution in [0.5, 0.6) is 0 Å². The van der Waals surface area contributed by atoms with Gasteiger partial charge >= 0.3 is 5.97 Å². The highest BCUT2D eigenvalue weighted by atomic mass is 19.1. The normalized spacial score (nSPS) is 11.9. The standard InChI is InChI=1S/C18H14FNO5/c1-12(18(22)14-5-7-15(19)8-6-14)25-17(21)11-4-13-2-9-16(10-3-13)20(23)24/h2-12H,1H3/b11-4+/t12-/m0/s1. The molecule has 128 valence electrons. The molecule has 2 rings (SSSR count). The highest BCUT2D eigenvalue weighted by Gasteiger charge is 2.18. The number of Topliss-reactive ketones (excluding diaryl/α,β-unsaturated/α-hetero) is 1. The summed E-state index contributed by atoms with van der Waals surface area (Å²) >= 11 is 0. The number of nitro groups is 1. The Morgan fingerprint density at radius 2 is 1.72 bits per heavy atom. The lowest BCUT2D eigenvalue weighted by Gasteiger charge is -2.10. The third kappa shape index (κ3) is 5.07. The van der Waals surface area contributed by atoms with Crippen LogP contribution in [-0.2, 0) is 9.53 Å². The number of halogens is 1. The zero-order valence-corrected chi connectivity index (χ0v) is 13.2. The van der Waals surface area contributed by atoms with Crippen molar-refractivity contribution in [2.24, 2.45) is 0 Å². The third-order valence-electron chi connectivity index (χ3n) is 3.31. The van der Waals surface area contributed by atoms with Crippen molar-refractivity contribution in [2.75, 3.05) is 0 Å². The lowest BCUT2D eigenvalue weighted by atomic mass is 10.1. The predicted molar refractivity (Wildman–Crippen MR) is 88.4 cm³/mol. The van der Waals surface area contributed by atoms with Crippen molar-refractivity contribution in [1.82, 2.24) is 0 Å². The molecule has 0 aliphatic rings. The number of hydrogen-bond donors (Lipinski definition) is 0. The van der Waals surface area contributed by atoms with E-state index >= 15 is 0 Å². The summed E-state index contributed by atoms with van der Waals surface area (Å²) in [6.45, 7) is 1.42. The van der Waals surface area contributed by atoms with Crippen LogP contribution >= 0.6 is 0 Å². The van der Waals surface area contributed by atoms with Gasteiger partial charge in [0.1, 0.15) is 5.82 Å². The molecule has 7 heteroatoms. The van der Waals surface area contributed by atoms with Gasteiger partial charge in [-0.25, -0.2) is 9.18 Å². The van der Waals surface area contributed by atoms with Gasteiger partial charge in [-0.05, 0) is 55.0 Å². The van der Waals surface area contributed by atoms with E-state index in [2.05, 4.69) is 0 Å². The van der Waals surface area contributed by atoms with E-state index in [-0.39, 0.29) is 11.3 Å². The third-order valence-corrected chi connectivity index (χ3v) is 3.31. The molecule has 1 atom stereocenters. The number of carbonyl (C=O) groups is 2. The number of benzene rings is 2. The minimum absolute atomic E-state index is 0.0572. The van der Waals surface area contributed by atoms with Crippen LogP contribution in [0.25, 0.3) is 6.08 Å². The van der Waals surface area contributed by atoms with Gasteiger partial charge in [-0.2, -0.15) is 0 Å². The highest BCUT2D eigenvalue weighted by molar-refractivity contribution is 6.01. The van der Waals surface area contributed by atoms with Crippen LogP contribution in [0.15, 0.2) is 54.6 Å². The van der Waals surface area contributed by atoms with Crippen LogP contribution in [0.3, 0.4) is 0 Å². The topological polar surface area (TPSA) is 86.5 Å². The van der Waals surface area contributed by atoms with Gasteiger partial charge in [0.25, 0.3) is 5.69 Å². The van der Waals surface area contributed by atoms with Gasteiger partial charge in [0.15, 0.2) is 6.10 Å². The molecule has 0 unspecified atom stereocenters. The summed E-state index contributed by atoms with van der Waals surface area (Å²) in [5.41, 5.74) is 0.749. The lowest BCUT2D eigenvalue weighted by molar-refractivity contribution is -0.384. The van der Waals surface area contributed by atoms with Gasteiger partial charge < -0.3 is 4.74 Å². The van der Waals surface area contributed by atoms with Gasteiger partial charge in [0.05, 0.1) is 4.92 Å². The quantitative estimate of drug-likeness (QED) is 0.263. The summed E-state index contributed by atoms with van der Waals surface area (Å²) < 4.78 is 17.9. The Balaban J connectivity index is 1.95. The van der Waals surface area contributed by atoms with Crippen molar-refractivity contribution < 1.29 is 23.6 Å². The second kappa shape index (κ2) is 7.96. The predicted octanol–water partition coefficient (Wildman–Crippen LogP) is 3.56. The zero-order chi connectivity index (χ0) is 18.4. The minimum atomic E-state index is -1.03. The van der Waals surface area contributed by atoms with Crippen molar-refractivity contribution in [3.05, 3.63) is 81.7 Å². The van der Waals surface area contributed by atoms with Crippen molar-refractivity contribution in [2.45, 2.75) is 13.0 Å². The fourth-order valence-electron chi connectivity index (χ4n) is 1.99. The molecule has 0 saturated carbocycles. The Hall–Kier alpha value is -3.35. The van der Waals surface area contributed by atoms with E-state index in [0.717, 1.165) is 18.2 Å². The van der Waals surface area contributed by atoms with E-state index in [1.54, 1.807) is 0 Å². The molecule has 6 nitrogen and oxygen atoms in total. The number of hydrogen-bond acceptors (Lipinski definition) is 5. The van der Waals surface area contributed by atoms with E-state index < -0.39 is 28.6 Å². The Labute approximate surface area is 142 Å². The first-order valence-corrected chi connectivity index (χ1v) is 7.30. The van der Waals surface area contributed by atoms with Gasteiger partial charge in [0.2, 0.25) is 5.78 Å². The second-order valence-electron chi connectivity index (χ2n) is 5.13. The number of nitrogens with zero attached hydrogens (tertiary/aromatic N) is 1. The molecule has 2 aromatic carbocycles. The fourth-order valence-corrected chi connectivity index (χ4v) is 1.99. The highest BCUT2D eigenvalue weighted by Crippen LogP contribution is 2.13. The maximum atomic E-state index is 12.8. The molecule has 0 amide bonds. The van der Waals surface area contributed by atoms with Crippen LogP contribution in [0, 0.1) is 15.9 Å². The van der Waals surface area contributed by atoms with E-state index in [1.807, 2.05) is 0 Å². The van der Waals surface area contributed by atoms with Crippen LogP contribution < -0.4 is 0 Å². The maximum Gasteiger partial charge on any atom is 0.331 e. The number of ether oxygens (including phenoxy) is 1. The molecule has 0 saturated heterocycles. The molecule has 25 heavy (non-hydrogen) atoms. The monoisotopic (exact) mass is 343 g/mol. The SMILES string of the molecule is C[C@H](OC(=O)/C=C/c1ccc([N+](=O)[O-])cc1)C(=O)c1ccc(F)cc1. The molecule has 0 aliphatic heterocycles. The smallest absolute Gasteiger partial charge is 0.331 e. The number of non-ortho nitro benzene ring substituents is 1. The molecule has 0 fully saturated rings. The van der Waals surface area contributed by atoms with E-state index in [4.69, 9.17) is 4.74 Å². The molecular weight excluding hydrogens is 329 g/mol. The van der Waals surface area contributed by atoms with Gasteiger partial charge in [0, 0.05) is 23.8 Å². The minimum Gasteiger partial charge on any atom is -0.451 e. The number of ketones is 1. The molecule has 0 heterocycles. The van der Waals surface area contributed by atoms with E-state index in [0.29, 0.717) is 5.56 Å². The van der Waals surface area contributed by atoms with Gasteiger partial charge in [-0.1, -0.05) is 0 Å². The number of carbonyl (C=O) groups excluding carboxylic acids is 2.